The molecular formula is C30H27F2N7O3S. The van der Waals surface area contributed by atoms with Gasteiger partial charge in [0.15, 0.2) is 10.7 Å². The molecule has 6 rings (SSSR count). The van der Waals surface area contributed by atoms with Gasteiger partial charge in [-0.25, -0.2) is 17.7 Å². The lowest BCUT2D eigenvalue weighted by Gasteiger charge is -2.34. The van der Waals surface area contributed by atoms with Crippen LogP contribution in [0, 0.1) is 29.9 Å². The Labute approximate surface area is 246 Å². The largest absolute Gasteiger partial charge is 0.506 e. The lowest BCUT2D eigenvalue weighted by molar-refractivity contribution is 0.475. The van der Waals surface area contributed by atoms with Crippen molar-refractivity contribution in [1.29, 1.82) is 5.26 Å². The molecule has 0 spiro atoms. The van der Waals surface area contributed by atoms with Gasteiger partial charge >= 0.3 is 0 Å². The van der Waals surface area contributed by atoms with Gasteiger partial charge in [0.05, 0.1) is 16.6 Å². The second-order valence-electron chi connectivity index (χ2n) is 10.6. The van der Waals surface area contributed by atoms with E-state index in [2.05, 4.69) is 10.1 Å². The van der Waals surface area contributed by atoms with Crippen LogP contribution in [-0.4, -0.2) is 51.4 Å². The molecule has 3 aromatic heterocycles. The van der Waals surface area contributed by atoms with E-state index >= 15 is 0 Å². The van der Waals surface area contributed by atoms with Crippen molar-refractivity contribution in [2.45, 2.75) is 30.8 Å². The van der Waals surface area contributed by atoms with Crippen LogP contribution < -0.4 is 10.6 Å². The van der Waals surface area contributed by atoms with Crippen LogP contribution in [-0.2, 0) is 17.1 Å². The number of aromatic hydroxyl groups is 1. The Morgan fingerprint density at radius 2 is 1.77 bits per heavy atom. The van der Waals surface area contributed by atoms with Crippen molar-refractivity contribution in [3.05, 3.63) is 77.8 Å². The van der Waals surface area contributed by atoms with Gasteiger partial charge in [-0.05, 0) is 43.5 Å². The Balaban J connectivity index is 1.75. The highest BCUT2D eigenvalue weighted by Gasteiger charge is 2.31. The molecular weight excluding hydrogens is 576 g/mol. The molecule has 43 heavy (non-hydrogen) atoms. The zero-order valence-electron chi connectivity index (χ0n) is 23.3. The van der Waals surface area contributed by atoms with Gasteiger partial charge in [-0.3, -0.25) is 4.68 Å². The van der Waals surface area contributed by atoms with E-state index in [4.69, 9.17) is 5.73 Å². The second kappa shape index (κ2) is 10.5. The quantitative estimate of drug-likeness (QED) is 0.300. The SMILES string of the molecule is Cc1cc(S(=O)(=O)n2cc(-c3cccc(C#N)c3O)c3c(N4CCC(N)CC4)c(-c4cc(F)cc(F)c4)cnc32)nn1C. The fourth-order valence-electron chi connectivity index (χ4n) is 5.52. The van der Waals surface area contributed by atoms with Crippen molar-refractivity contribution in [1.82, 2.24) is 18.7 Å². The summed E-state index contributed by atoms with van der Waals surface area (Å²) in [4.78, 5) is 6.52. The molecule has 0 saturated carbocycles. The minimum absolute atomic E-state index is 0.0107. The molecule has 3 N–H and O–H groups in total. The Bertz CT molecular complexity index is 2020. The number of piperidine rings is 1. The Hall–Kier alpha value is -4.80. The number of nitrogens with two attached hydrogens (primary N) is 1. The third kappa shape index (κ3) is 4.78. The van der Waals surface area contributed by atoms with E-state index in [-0.39, 0.29) is 44.7 Å². The lowest BCUT2D eigenvalue weighted by atomic mass is 9.95. The van der Waals surface area contributed by atoms with Gasteiger partial charge in [0.25, 0.3) is 10.0 Å². The lowest BCUT2D eigenvalue weighted by Crippen LogP contribution is -2.40. The number of fused-ring (bicyclic) bond motifs is 1. The molecule has 0 aliphatic carbocycles. The third-order valence-electron chi connectivity index (χ3n) is 7.85. The molecule has 0 atom stereocenters. The fourth-order valence-corrected chi connectivity index (χ4v) is 6.87. The molecule has 2 aromatic carbocycles. The number of para-hydroxylation sites is 1. The molecule has 1 saturated heterocycles. The monoisotopic (exact) mass is 603 g/mol. The summed E-state index contributed by atoms with van der Waals surface area (Å²) in [6.45, 7) is 2.68. The molecule has 1 fully saturated rings. The Morgan fingerprint density at radius 1 is 1.07 bits per heavy atom. The maximum atomic E-state index is 14.5. The number of nitrogens with zero attached hydrogens (tertiary/aromatic N) is 6. The first-order valence-corrected chi connectivity index (χ1v) is 14.9. The topological polar surface area (TPSA) is 143 Å². The molecule has 1 aliphatic heterocycles. The van der Waals surface area contributed by atoms with Gasteiger partial charge < -0.3 is 15.7 Å². The van der Waals surface area contributed by atoms with Crippen molar-refractivity contribution in [3.63, 3.8) is 0 Å². The van der Waals surface area contributed by atoms with Crippen LogP contribution in [0.25, 0.3) is 33.3 Å². The number of rotatable bonds is 5. The minimum atomic E-state index is -4.31. The van der Waals surface area contributed by atoms with Gasteiger partial charge in [0, 0.05) is 73.1 Å². The van der Waals surface area contributed by atoms with E-state index in [1.54, 1.807) is 26.1 Å². The summed E-state index contributed by atoms with van der Waals surface area (Å²) in [6, 6.07) is 11.1. The molecule has 220 valence electrons. The highest BCUT2D eigenvalue weighted by Crippen LogP contribution is 2.46. The smallest absolute Gasteiger partial charge is 0.288 e. The number of aryl methyl sites for hydroxylation is 2. The van der Waals surface area contributed by atoms with Gasteiger partial charge in [-0.15, -0.1) is 0 Å². The molecule has 0 unspecified atom stereocenters. The molecule has 0 bridgehead atoms. The average Bonchev–Trinajstić information content (AvgIpc) is 3.53. The first-order chi connectivity index (χ1) is 20.5. The number of hydrogen-bond acceptors (Lipinski definition) is 8. The number of halogens is 2. The van der Waals surface area contributed by atoms with E-state index in [0.717, 1.165) is 10.0 Å². The van der Waals surface area contributed by atoms with Crippen molar-refractivity contribution >= 4 is 26.7 Å². The highest BCUT2D eigenvalue weighted by atomic mass is 32.2. The highest BCUT2D eigenvalue weighted by molar-refractivity contribution is 7.90. The van der Waals surface area contributed by atoms with E-state index in [1.165, 1.54) is 41.3 Å². The zero-order chi connectivity index (χ0) is 30.6. The van der Waals surface area contributed by atoms with Crippen molar-refractivity contribution in [2.75, 3.05) is 18.0 Å². The van der Waals surface area contributed by atoms with E-state index in [0.29, 0.717) is 48.3 Å². The molecule has 4 heterocycles. The Kier molecular flexibility index (Phi) is 6.90. The van der Waals surface area contributed by atoms with Crippen LogP contribution in [0.3, 0.4) is 0 Å². The summed E-state index contributed by atoms with van der Waals surface area (Å²) in [5.74, 6) is -1.91. The first-order valence-electron chi connectivity index (χ1n) is 13.5. The number of phenols is 1. The molecule has 13 heteroatoms. The Morgan fingerprint density at radius 3 is 2.40 bits per heavy atom. The van der Waals surface area contributed by atoms with Crippen LogP contribution in [0.2, 0.25) is 0 Å². The average molecular weight is 604 g/mol. The van der Waals surface area contributed by atoms with Crippen LogP contribution >= 0.6 is 0 Å². The van der Waals surface area contributed by atoms with E-state index < -0.39 is 21.7 Å². The fraction of sp³-hybridized carbons (Fsp3) is 0.233. The molecule has 0 amide bonds. The first kappa shape index (κ1) is 28.3. The molecule has 0 radical (unpaired) electrons. The van der Waals surface area contributed by atoms with E-state index in [9.17, 15) is 27.6 Å². The van der Waals surface area contributed by atoms with Crippen molar-refractivity contribution < 1.29 is 22.3 Å². The van der Waals surface area contributed by atoms with Gasteiger partial charge in [0.1, 0.15) is 23.5 Å². The zero-order valence-corrected chi connectivity index (χ0v) is 24.1. The summed E-state index contributed by atoms with van der Waals surface area (Å²) in [6.07, 6.45) is 3.97. The van der Waals surface area contributed by atoms with Crippen LogP contribution in [0.15, 0.2) is 59.9 Å². The summed E-state index contributed by atoms with van der Waals surface area (Å²) in [5, 5.41) is 25.0. The predicted molar refractivity (Wildman–Crippen MR) is 157 cm³/mol. The van der Waals surface area contributed by atoms with Gasteiger partial charge in [0.2, 0.25) is 0 Å². The van der Waals surface area contributed by atoms with Crippen molar-refractivity contribution in [2.24, 2.45) is 12.8 Å². The number of phenolic OH excluding ortho intramolecular Hbond substituents is 1. The maximum Gasteiger partial charge on any atom is 0.288 e. The third-order valence-corrected chi connectivity index (χ3v) is 9.37. The predicted octanol–water partition coefficient (Wildman–Crippen LogP) is 4.43. The minimum Gasteiger partial charge on any atom is -0.506 e. The maximum absolute atomic E-state index is 14.5. The summed E-state index contributed by atoms with van der Waals surface area (Å²) in [7, 11) is -2.69. The van der Waals surface area contributed by atoms with E-state index in [1.807, 2.05) is 11.0 Å². The number of aromatic nitrogens is 4. The molecule has 1 aliphatic rings. The van der Waals surface area contributed by atoms with Crippen LogP contribution in [0.1, 0.15) is 24.1 Å². The standard InChI is InChI=1S/C30H27F2N7O3S/c1-17-10-26(36-37(17)2)43(41,42)39-16-25(23-5-3-4-18(14-33)29(23)40)27-28(38-8-6-22(34)7-9-38)24(15-35-30(27)39)19-11-20(31)13-21(32)12-19/h3-5,10-13,15-16,22,40H,6-9,34H2,1-2H3. The number of anilines is 1. The number of hydrogen-bond donors (Lipinski definition) is 2. The van der Waals surface area contributed by atoms with Crippen LogP contribution in [0.5, 0.6) is 5.75 Å². The summed E-state index contributed by atoms with van der Waals surface area (Å²) >= 11 is 0. The van der Waals surface area contributed by atoms with Gasteiger partial charge in [-0.2, -0.15) is 18.8 Å². The number of pyridine rings is 1. The van der Waals surface area contributed by atoms with Crippen LogP contribution in [0.4, 0.5) is 14.5 Å². The second-order valence-corrected chi connectivity index (χ2v) is 12.4. The summed E-state index contributed by atoms with van der Waals surface area (Å²) < 4.78 is 59.5. The van der Waals surface area contributed by atoms with Gasteiger partial charge in [-0.1, -0.05) is 12.1 Å². The van der Waals surface area contributed by atoms with Crippen molar-refractivity contribution in [3.8, 4) is 34.1 Å². The molecule has 5 aromatic rings. The molecule has 10 nitrogen and oxygen atoms in total. The number of benzene rings is 2. The number of nitriles is 1. The summed E-state index contributed by atoms with van der Waals surface area (Å²) in [5.41, 5.74) is 8.31. The normalized spacial score (nSPS) is 14.4.